The molecule has 2 aliphatic rings. The van der Waals surface area contributed by atoms with E-state index in [-0.39, 0.29) is 17.7 Å². The Morgan fingerprint density at radius 1 is 1.04 bits per heavy atom. The van der Waals surface area contributed by atoms with Gasteiger partial charge in [0.25, 0.3) is 0 Å². The highest BCUT2D eigenvalue weighted by Crippen LogP contribution is 2.32. The van der Waals surface area contributed by atoms with Gasteiger partial charge in [-0.25, -0.2) is 0 Å². The molecule has 0 aromatic heterocycles. The van der Waals surface area contributed by atoms with Crippen molar-refractivity contribution in [3.05, 3.63) is 29.8 Å². The minimum absolute atomic E-state index is 0.0575. The fraction of sp³-hybridized carbons (Fsp3) is 0.619. The second-order valence-corrected chi connectivity index (χ2v) is 7.53. The number of carbonyl (C=O) groups excluding carboxylic acids is 2. The SMILES string of the molecule is Cc1ccc(OCCCCNC(=O)C2CCN(C(=O)C3CC3)CC2)cc1. The number of unbranched alkanes of at least 4 members (excludes halogenated alkanes) is 1. The van der Waals surface area contributed by atoms with E-state index in [0.717, 1.165) is 57.4 Å². The number of hydrogen-bond acceptors (Lipinski definition) is 3. The molecule has 5 heteroatoms. The summed E-state index contributed by atoms with van der Waals surface area (Å²) in [6.07, 6.45) is 5.51. The van der Waals surface area contributed by atoms with Gasteiger partial charge in [-0.15, -0.1) is 0 Å². The average Bonchev–Trinajstić information content (AvgIpc) is 3.50. The Morgan fingerprint density at radius 3 is 2.38 bits per heavy atom. The number of hydrogen-bond donors (Lipinski definition) is 1. The Labute approximate surface area is 156 Å². The van der Waals surface area contributed by atoms with Gasteiger partial charge in [0.05, 0.1) is 6.61 Å². The van der Waals surface area contributed by atoms with Crippen LogP contribution in [0.15, 0.2) is 24.3 Å². The van der Waals surface area contributed by atoms with Crippen molar-refractivity contribution in [2.24, 2.45) is 11.8 Å². The normalized spacial score (nSPS) is 17.8. The molecule has 0 unspecified atom stereocenters. The molecule has 2 amide bonds. The molecule has 5 nitrogen and oxygen atoms in total. The van der Waals surface area contributed by atoms with Gasteiger partial charge in [0, 0.05) is 31.5 Å². The lowest BCUT2D eigenvalue weighted by atomic mass is 9.95. The molecular weight excluding hydrogens is 328 g/mol. The lowest BCUT2D eigenvalue weighted by Crippen LogP contribution is -2.43. The van der Waals surface area contributed by atoms with Gasteiger partial charge in [-0.1, -0.05) is 17.7 Å². The Kier molecular flexibility index (Phi) is 6.53. The summed E-state index contributed by atoms with van der Waals surface area (Å²) < 4.78 is 5.69. The second kappa shape index (κ2) is 9.06. The summed E-state index contributed by atoms with van der Waals surface area (Å²) >= 11 is 0. The van der Waals surface area contributed by atoms with Crippen LogP contribution in [0.5, 0.6) is 5.75 Å². The number of likely N-dealkylation sites (tertiary alicyclic amines) is 1. The molecule has 0 radical (unpaired) electrons. The van der Waals surface area contributed by atoms with Gasteiger partial charge in [0.1, 0.15) is 5.75 Å². The van der Waals surface area contributed by atoms with E-state index in [1.165, 1.54) is 5.56 Å². The van der Waals surface area contributed by atoms with Gasteiger partial charge < -0.3 is 15.0 Å². The third-order valence-corrected chi connectivity index (χ3v) is 5.26. The van der Waals surface area contributed by atoms with Crippen LogP contribution in [0.2, 0.25) is 0 Å². The number of rotatable bonds is 8. The van der Waals surface area contributed by atoms with Crippen molar-refractivity contribution in [3.63, 3.8) is 0 Å². The first kappa shape index (κ1) is 18.7. The maximum atomic E-state index is 12.3. The van der Waals surface area contributed by atoms with Gasteiger partial charge in [-0.2, -0.15) is 0 Å². The number of ether oxygens (including phenoxy) is 1. The first-order valence-electron chi connectivity index (χ1n) is 9.89. The zero-order chi connectivity index (χ0) is 18.4. The molecule has 0 atom stereocenters. The molecule has 142 valence electrons. The minimum Gasteiger partial charge on any atom is -0.494 e. The van der Waals surface area contributed by atoms with Gasteiger partial charge in [-0.3, -0.25) is 9.59 Å². The van der Waals surface area contributed by atoms with Crippen LogP contribution in [-0.4, -0.2) is 43.0 Å². The van der Waals surface area contributed by atoms with Crippen LogP contribution in [0, 0.1) is 18.8 Å². The zero-order valence-electron chi connectivity index (χ0n) is 15.7. The predicted octanol–water partition coefficient (Wildman–Crippen LogP) is 2.92. The second-order valence-electron chi connectivity index (χ2n) is 7.53. The van der Waals surface area contributed by atoms with E-state index in [1.54, 1.807) is 0 Å². The van der Waals surface area contributed by atoms with Crippen molar-refractivity contribution in [3.8, 4) is 5.75 Å². The lowest BCUT2D eigenvalue weighted by molar-refractivity contribution is -0.136. The van der Waals surface area contributed by atoms with Crippen LogP contribution in [0.25, 0.3) is 0 Å². The number of carbonyl (C=O) groups is 2. The molecule has 26 heavy (non-hydrogen) atoms. The van der Waals surface area contributed by atoms with Gasteiger partial charge in [0.2, 0.25) is 11.8 Å². The standard InChI is InChI=1S/C21H30N2O3/c1-16-4-8-19(9-5-16)26-15-3-2-12-22-20(24)17-10-13-23(14-11-17)21(25)18-6-7-18/h4-5,8-9,17-18H,2-3,6-7,10-15H2,1H3,(H,22,24). The highest BCUT2D eigenvalue weighted by molar-refractivity contribution is 5.82. The molecule has 0 spiro atoms. The van der Waals surface area contributed by atoms with E-state index in [1.807, 2.05) is 29.2 Å². The Hall–Kier alpha value is -2.04. The van der Waals surface area contributed by atoms with Crippen molar-refractivity contribution in [2.45, 2.75) is 45.4 Å². The maximum Gasteiger partial charge on any atom is 0.225 e. The van der Waals surface area contributed by atoms with Gasteiger partial charge in [-0.05, 0) is 57.6 Å². The quantitative estimate of drug-likeness (QED) is 0.727. The third kappa shape index (κ3) is 5.48. The molecule has 1 saturated heterocycles. The van der Waals surface area contributed by atoms with Crippen molar-refractivity contribution in [1.82, 2.24) is 10.2 Å². The Bertz CT molecular complexity index is 602. The van der Waals surface area contributed by atoms with E-state index < -0.39 is 0 Å². The highest BCUT2D eigenvalue weighted by atomic mass is 16.5. The van der Waals surface area contributed by atoms with Crippen molar-refractivity contribution in [2.75, 3.05) is 26.2 Å². The molecule has 1 aromatic carbocycles. The zero-order valence-corrected chi connectivity index (χ0v) is 15.7. The molecule has 1 saturated carbocycles. The number of benzene rings is 1. The lowest BCUT2D eigenvalue weighted by Gasteiger charge is -2.31. The largest absolute Gasteiger partial charge is 0.494 e. The monoisotopic (exact) mass is 358 g/mol. The fourth-order valence-corrected chi connectivity index (χ4v) is 3.36. The van der Waals surface area contributed by atoms with Crippen LogP contribution >= 0.6 is 0 Å². The van der Waals surface area contributed by atoms with Crippen LogP contribution < -0.4 is 10.1 Å². The van der Waals surface area contributed by atoms with Gasteiger partial charge in [0.15, 0.2) is 0 Å². The van der Waals surface area contributed by atoms with Crippen LogP contribution in [-0.2, 0) is 9.59 Å². The summed E-state index contributed by atoms with van der Waals surface area (Å²) in [5.74, 6) is 1.68. The van der Waals surface area contributed by atoms with Crippen LogP contribution in [0.4, 0.5) is 0 Å². The summed E-state index contributed by atoms with van der Waals surface area (Å²) in [6, 6.07) is 8.05. The summed E-state index contributed by atoms with van der Waals surface area (Å²) in [5.41, 5.74) is 1.22. The summed E-state index contributed by atoms with van der Waals surface area (Å²) in [5, 5.41) is 3.04. The van der Waals surface area contributed by atoms with E-state index in [2.05, 4.69) is 12.2 Å². The number of nitrogens with zero attached hydrogens (tertiary/aromatic N) is 1. The molecule has 1 aromatic rings. The summed E-state index contributed by atoms with van der Waals surface area (Å²) in [4.78, 5) is 26.3. The van der Waals surface area contributed by atoms with Crippen LogP contribution in [0.1, 0.15) is 44.1 Å². The first-order valence-corrected chi connectivity index (χ1v) is 9.89. The van der Waals surface area contributed by atoms with Gasteiger partial charge >= 0.3 is 0 Å². The topological polar surface area (TPSA) is 58.6 Å². The number of aryl methyl sites for hydroxylation is 1. The van der Waals surface area contributed by atoms with E-state index >= 15 is 0 Å². The molecule has 1 N–H and O–H groups in total. The molecular formula is C21H30N2O3. The number of nitrogens with one attached hydrogen (secondary N) is 1. The Balaban J connectivity index is 1.24. The van der Waals surface area contributed by atoms with E-state index in [9.17, 15) is 9.59 Å². The predicted molar refractivity (Wildman–Crippen MR) is 101 cm³/mol. The number of piperidine rings is 1. The minimum atomic E-state index is 0.0575. The molecule has 1 aliphatic carbocycles. The molecule has 1 aliphatic heterocycles. The first-order chi connectivity index (χ1) is 12.6. The van der Waals surface area contributed by atoms with Crippen molar-refractivity contribution < 1.29 is 14.3 Å². The summed E-state index contributed by atoms with van der Waals surface area (Å²) in [6.45, 7) is 4.88. The number of amides is 2. The molecule has 0 bridgehead atoms. The van der Waals surface area contributed by atoms with E-state index in [0.29, 0.717) is 19.1 Å². The average molecular weight is 358 g/mol. The van der Waals surface area contributed by atoms with Crippen molar-refractivity contribution >= 4 is 11.8 Å². The molecule has 1 heterocycles. The fourth-order valence-electron chi connectivity index (χ4n) is 3.36. The van der Waals surface area contributed by atoms with Crippen LogP contribution in [0.3, 0.4) is 0 Å². The third-order valence-electron chi connectivity index (χ3n) is 5.26. The summed E-state index contributed by atoms with van der Waals surface area (Å²) in [7, 11) is 0. The maximum absolute atomic E-state index is 12.3. The highest BCUT2D eigenvalue weighted by Gasteiger charge is 2.35. The Morgan fingerprint density at radius 2 is 1.73 bits per heavy atom. The van der Waals surface area contributed by atoms with Crippen molar-refractivity contribution in [1.29, 1.82) is 0 Å². The molecule has 2 fully saturated rings. The smallest absolute Gasteiger partial charge is 0.225 e. The molecule has 3 rings (SSSR count). The van der Waals surface area contributed by atoms with E-state index in [4.69, 9.17) is 4.74 Å².